The monoisotopic (exact) mass is 260 g/mol. The zero-order chi connectivity index (χ0) is 13.5. The first-order chi connectivity index (χ1) is 7.75. The van der Waals surface area contributed by atoms with Gasteiger partial charge >= 0.3 is 10.4 Å². The van der Waals surface area contributed by atoms with E-state index in [4.69, 9.17) is 28.5 Å². The lowest BCUT2D eigenvalue weighted by atomic mass is 10.0. The molecule has 0 heterocycles. The average molecular weight is 260 g/mol. The number of aliphatic hydroxyl groups is 1. The molecule has 0 saturated carbocycles. The molecule has 5 N–H and O–H groups in total. The Morgan fingerprint density at radius 3 is 2.00 bits per heavy atom. The fourth-order valence-electron chi connectivity index (χ4n) is 0.928. The van der Waals surface area contributed by atoms with Gasteiger partial charge in [-0.3, -0.25) is 9.11 Å². The Labute approximate surface area is 98.7 Å². The highest BCUT2D eigenvalue weighted by atomic mass is 32.3. The van der Waals surface area contributed by atoms with Crippen LogP contribution < -0.4 is 5.73 Å². The molecule has 1 aromatic carbocycles. The molecule has 0 spiro atoms. The molecule has 0 fully saturated rings. The molecule has 2 atom stereocenters. The van der Waals surface area contributed by atoms with Crippen LogP contribution in [0, 0.1) is 11.3 Å². The molecule has 0 aliphatic carbocycles. The minimum Gasteiger partial charge on any atom is -0.386 e. The van der Waals surface area contributed by atoms with Crippen LogP contribution in [0.15, 0.2) is 30.3 Å². The number of nitrogens with two attached hydrogens (primary N) is 1. The molecule has 8 heteroatoms. The third-order valence-corrected chi connectivity index (χ3v) is 1.63. The molecule has 0 aromatic heterocycles. The first kappa shape index (κ1) is 15.5. The van der Waals surface area contributed by atoms with Crippen molar-refractivity contribution in [3.05, 3.63) is 35.9 Å². The normalized spacial score (nSPS) is 13.8. The SMILES string of the molecule is N#CC(N)C(O)c1ccccc1.O=S(=O)(O)O. The standard InChI is InChI=1S/C9H10N2O.H2O4S/c10-6-8(11)9(12)7-4-2-1-3-5-7;1-5(2,3)4/h1-5,8-9,12H,11H2;(H2,1,2,3,4). The summed E-state index contributed by atoms with van der Waals surface area (Å²) in [5.74, 6) is 0. The summed E-state index contributed by atoms with van der Waals surface area (Å²) in [5.41, 5.74) is 6.01. The summed E-state index contributed by atoms with van der Waals surface area (Å²) in [6.07, 6.45) is -0.892. The molecule has 0 amide bonds. The van der Waals surface area contributed by atoms with Crippen LogP contribution in [0.25, 0.3) is 0 Å². The van der Waals surface area contributed by atoms with Gasteiger partial charge in [-0.2, -0.15) is 13.7 Å². The lowest BCUT2D eigenvalue weighted by Crippen LogP contribution is -2.26. The van der Waals surface area contributed by atoms with Gasteiger partial charge in [0.1, 0.15) is 12.1 Å². The predicted octanol–water partition coefficient (Wildman–Crippen LogP) is -0.0819. The topological polar surface area (TPSA) is 145 Å². The number of rotatable bonds is 2. The minimum atomic E-state index is -4.67. The first-order valence-corrected chi connectivity index (χ1v) is 5.73. The zero-order valence-corrected chi connectivity index (χ0v) is 9.45. The van der Waals surface area contributed by atoms with Gasteiger partial charge in [-0.05, 0) is 5.56 Å². The molecular weight excluding hydrogens is 248 g/mol. The van der Waals surface area contributed by atoms with E-state index in [0.29, 0.717) is 5.56 Å². The van der Waals surface area contributed by atoms with Gasteiger partial charge in [0.2, 0.25) is 0 Å². The quantitative estimate of drug-likeness (QED) is 0.544. The Morgan fingerprint density at radius 2 is 1.65 bits per heavy atom. The molecule has 2 unspecified atom stereocenters. The van der Waals surface area contributed by atoms with E-state index in [1.54, 1.807) is 30.3 Å². The summed E-state index contributed by atoms with van der Waals surface area (Å²) in [6.45, 7) is 0. The van der Waals surface area contributed by atoms with Gasteiger partial charge in [-0.15, -0.1) is 0 Å². The second-order valence-electron chi connectivity index (χ2n) is 2.96. The summed E-state index contributed by atoms with van der Waals surface area (Å²) in [6, 6.07) is 9.84. The van der Waals surface area contributed by atoms with Crippen LogP contribution >= 0.6 is 0 Å². The summed E-state index contributed by atoms with van der Waals surface area (Å²) < 4.78 is 31.6. The lowest BCUT2D eigenvalue weighted by molar-refractivity contribution is 0.165. The Kier molecular flexibility index (Phi) is 6.34. The molecule has 1 rings (SSSR count). The van der Waals surface area contributed by atoms with Gasteiger partial charge in [0.15, 0.2) is 0 Å². The fraction of sp³-hybridized carbons (Fsp3) is 0.222. The highest BCUT2D eigenvalue weighted by Gasteiger charge is 2.14. The van der Waals surface area contributed by atoms with Gasteiger partial charge in [0, 0.05) is 0 Å². The summed E-state index contributed by atoms with van der Waals surface area (Å²) in [7, 11) is -4.67. The Morgan fingerprint density at radius 1 is 1.24 bits per heavy atom. The highest BCUT2D eigenvalue weighted by Crippen LogP contribution is 2.13. The number of nitriles is 1. The van der Waals surface area contributed by atoms with Crippen molar-refractivity contribution >= 4 is 10.4 Å². The van der Waals surface area contributed by atoms with Crippen molar-refractivity contribution in [2.75, 3.05) is 0 Å². The Bertz CT molecular complexity index is 460. The van der Waals surface area contributed by atoms with E-state index >= 15 is 0 Å². The summed E-state index contributed by atoms with van der Waals surface area (Å²) >= 11 is 0. The third-order valence-electron chi connectivity index (χ3n) is 1.63. The lowest BCUT2D eigenvalue weighted by Gasteiger charge is -2.11. The average Bonchev–Trinajstić information content (AvgIpc) is 2.26. The van der Waals surface area contributed by atoms with E-state index in [1.165, 1.54) is 0 Å². The highest BCUT2D eigenvalue weighted by molar-refractivity contribution is 7.79. The summed E-state index contributed by atoms with van der Waals surface area (Å²) in [5, 5.41) is 17.9. The van der Waals surface area contributed by atoms with E-state index in [2.05, 4.69) is 0 Å². The predicted molar refractivity (Wildman–Crippen MR) is 59.2 cm³/mol. The fourth-order valence-corrected chi connectivity index (χ4v) is 0.928. The molecule has 0 saturated heterocycles. The van der Waals surface area contributed by atoms with Gasteiger partial charge in [0.25, 0.3) is 0 Å². The second kappa shape index (κ2) is 6.95. The van der Waals surface area contributed by atoms with Crippen molar-refractivity contribution in [1.29, 1.82) is 5.26 Å². The van der Waals surface area contributed by atoms with Gasteiger partial charge in [-0.1, -0.05) is 30.3 Å². The molecule has 17 heavy (non-hydrogen) atoms. The van der Waals surface area contributed by atoms with E-state index in [1.807, 2.05) is 6.07 Å². The van der Waals surface area contributed by atoms with Crippen LogP contribution in [0.1, 0.15) is 11.7 Å². The molecule has 1 aromatic rings. The van der Waals surface area contributed by atoms with Gasteiger partial charge < -0.3 is 10.8 Å². The van der Waals surface area contributed by atoms with Crippen molar-refractivity contribution in [2.45, 2.75) is 12.1 Å². The second-order valence-corrected chi connectivity index (χ2v) is 3.85. The van der Waals surface area contributed by atoms with E-state index in [-0.39, 0.29) is 0 Å². The van der Waals surface area contributed by atoms with Crippen LogP contribution in [0.5, 0.6) is 0 Å². The maximum atomic E-state index is 9.44. The molecule has 0 aliphatic rings. The van der Waals surface area contributed by atoms with Crippen LogP contribution in [0.4, 0.5) is 0 Å². The molecular formula is C9H12N2O5S. The van der Waals surface area contributed by atoms with Crippen LogP contribution in [0.2, 0.25) is 0 Å². The van der Waals surface area contributed by atoms with Gasteiger partial charge in [0.05, 0.1) is 6.07 Å². The van der Waals surface area contributed by atoms with E-state index in [0.717, 1.165) is 0 Å². The van der Waals surface area contributed by atoms with Crippen molar-refractivity contribution < 1.29 is 22.6 Å². The molecule has 0 bridgehead atoms. The van der Waals surface area contributed by atoms with Crippen molar-refractivity contribution in [3.8, 4) is 6.07 Å². The Hall–Kier alpha value is -1.50. The molecule has 7 nitrogen and oxygen atoms in total. The zero-order valence-electron chi connectivity index (χ0n) is 8.63. The summed E-state index contributed by atoms with van der Waals surface area (Å²) in [4.78, 5) is 0. The number of hydrogen-bond acceptors (Lipinski definition) is 5. The number of hydrogen-bond donors (Lipinski definition) is 4. The molecule has 94 valence electrons. The van der Waals surface area contributed by atoms with E-state index in [9.17, 15) is 5.11 Å². The molecule has 0 aliphatic heterocycles. The largest absolute Gasteiger partial charge is 0.394 e. The Balaban J connectivity index is 0.000000437. The third kappa shape index (κ3) is 8.32. The maximum absolute atomic E-state index is 9.44. The molecule has 0 radical (unpaired) electrons. The van der Waals surface area contributed by atoms with Crippen LogP contribution in [-0.4, -0.2) is 28.7 Å². The van der Waals surface area contributed by atoms with Crippen molar-refractivity contribution in [1.82, 2.24) is 0 Å². The number of nitrogens with zero attached hydrogens (tertiary/aromatic N) is 1. The maximum Gasteiger partial charge on any atom is 0.394 e. The van der Waals surface area contributed by atoms with Crippen molar-refractivity contribution in [2.24, 2.45) is 5.73 Å². The first-order valence-electron chi connectivity index (χ1n) is 4.33. The van der Waals surface area contributed by atoms with Crippen molar-refractivity contribution in [3.63, 3.8) is 0 Å². The van der Waals surface area contributed by atoms with Gasteiger partial charge in [-0.25, -0.2) is 0 Å². The van der Waals surface area contributed by atoms with Crippen LogP contribution in [-0.2, 0) is 10.4 Å². The number of benzene rings is 1. The smallest absolute Gasteiger partial charge is 0.386 e. The number of aliphatic hydroxyl groups excluding tert-OH is 1. The minimum absolute atomic E-state index is 0.673. The van der Waals surface area contributed by atoms with E-state index < -0.39 is 22.5 Å². The van der Waals surface area contributed by atoms with Crippen LogP contribution in [0.3, 0.4) is 0 Å².